The third-order valence-corrected chi connectivity index (χ3v) is 2.74. The summed E-state index contributed by atoms with van der Waals surface area (Å²) in [6.07, 6.45) is 3.48. The Balaban J connectivity index is 2.27. The second-order valence-corrected chi connectivity index (χ2v) is 4.12. The molecule has 0 aliphatic rings. The standard InChI is InChI=1S/C14H14N4/c1-11-6-8-17-14(13(11)9-15)18(2)10-12-5-3-4-7-16-12/h3-8H,10H2,1-2H3. The van der Waals surface area contributed by atoms with Gasteiger partial charge in [0.1, 0.15) is 11.9 Å². The van der Waals surface area contributed by atoms with Crippen molar-refractivity contribution in [1.29, 1.82) is 5.26 Å². The van der Waals surface area contributed by atoms with Crippen LogP contribution in [0.1, 0.15) is 16.8 Å². The largest absolute Gasteiger partial charge is 0.353 e. The molecule has 2 heterocycles. The average Bonchev–Trinajstić information content (AvgIpc) is 2.39. The molecule has 0 aliphatic carbocycles. The minimum absolute atomic E-state index is 0.621. The van der Waals surface area contributed by atoms with E-state index >= 15 is 0 Å². The van der Waals surface area contributed by atoms with Crippen molar-refractivity contribution in [3.8, 4) is 6.07 Å². The summed E-state index contributed by atoms with van der Waals surface area (Å²) in [6.45, 7) is 2.55. The van der Waals surface area contributed by atoms with Crippen LogP contribution in [-0.4, -0.2) is 17.0 Å². The Kier molecular flexibility index (Phi) is 3.54. The number of nitrogens with zero attached hydrogens (tertiary/aromatic N) is 4. The summed E-state index contributed by atoms with van der Waals surface area (Å²) in [7, 11) is 1.91. The Bertz CT molecular complexity index is 572. The second-order valence-electron chi connectivity index (χ2n) is 4.12. The SMILES string of the molecule is Cc1ccnc(N(C)Cc2ccccn2)c1C#N. The number of hydrogen-bond donors (Lipinski definition) is 0. The van der Waals surface area contributed by atoms with Crippen molar-refractivity contribution in [3.05, 3.63) is 53.5 Å². The van der Waals surface area contributed by atoms with Crippen molar-refractivity contribution in [2.75, 3.05) is 11.9 Å². The lowest BCUT2D eigenvalue weighted by atomic mass is 10.1. The number of aryl methyl sites for hydroxylation is 1. The third kappa shape index (κ3) is 2.46. The van der Waals surface area contributed by atoms with Gasteiger partial charge in [0, 0.05) is 19.4 Å². The first kappa shape index (κ1) is 12.1. The van der Waals surface area contributed by atoms with E-state index in [1.807, 2.05) is 43.1 Å². The molecule has 2 aromatic rings. The normalized spacial score (nSPS) is 9.83. The van der Waals surface area contributed by atoms with Gasteiger partial charge in [0.15, 0.2) is 0 Å². The Morgan fingerprint density at radius 2 is 2.06 bits per heavy atom. The number of pyridine rings is 2. The minimum Gasteiger partial charge on any atom is -0.353 e. The first-order chi connectivity index (χ1) is 8.72. The summed E-state index contributed by atoms with van der Waals surface area (Å²) >= 11 is 0. The fraction of sp³-hybridized carbons (Fsp3) is 0.214. The zero-order chi connectivity index (χ0) is 13.0. The molecule has 0 atom stereocenters. The van der Waals surface area contributed by atoms with Crippen LogP contribution < -0.4 is 4.90 Å². The van der Waals surface area contributed by atoms with Gasteiger partial charge >= 0.3 is 0 Å². The quantitative estimate of drug-likeness (QED) is 0.823. The molecule has 90 valence electrons. The highest BCUT2D eigenvalue weighted by atomic mass is 15.2. The molecule has 4 heteroatoms. The third-order valence-electron chi connectivity index (χ3n) is 2.74. The molecule has 0 saturated carbocycles. The van der Waals surface area contributed by atoms with Gasteiger partial charge in [-0.25, -0.2) is 4.98 Å². The molecule has 0 aromatic carbocycles. The van der Waals surface area contributed by atoms with Crippen molar-refractivity contribution in [1.82, 2.24) is 9.97 Å². The Morgan fingerprint density at radius 1 is 1.22 bits per heavy atom. The maximum atomic E-state index is 9.18. The van der Waals surface area contributed by atoms with E-state index in [-0.39, 0.29) is 0 Å². The summed E-state index contributed by atoms with van der Waals surface area (Å²) in [5.41, 5.74) is 2.51. The molecule has 0 radical (unpaired) electrons. The van der Waals surface area contributed by atoms with Crippen LogP contribution in [0, 0.1) is 18.3 Å². The van der Waals surface area contributed by atoms with Crippen LogP contribution in [0.2, 0.25) is 0 Å². The van der Waals surface area contributed by atoms with E-state index in [9.17, 15) is 5.26 Å². The van der Waals surface area contributed by atoms with Gasteiger partial charge < -0.3 is 4.90 Å². The van der Waals surface area contributed by atoms with Crippen LogP contribution in [0.15, 0.2) is 36.7 Å². The fourth-order valence-electron chi connectivity index (χ4n) is 1.78. The van der Waals surface area contributed by atoms with E-state index in [1.54, 1.807) is 12.4 Å². The monoisotopic (exact) mass is 238 g/mol. The first-order valence-electron chi connectivity index (χ1n) is 5.69. The molecule has 2 aromatic heterocycles. The van der Waals surface area contributed by atoms with E-state index in [4.69, 9.17) is 0 Å². The Labute approximate surface area is 107 Å². The predicted octanol–water partition coefficient (Wildman–Crippen LogP) is 2.29. The maximum Gasteiger partial charge on any atom is 0.146 e. The van der Waals surface area contributed by atoms with Crippen LogP contribution in [0.25, 0.3) is 0 Å². The van der Waals surface area contributed by atoms with E-state index < -0.39 is 0 Å². The van der Waals surface area contributed by atoms with Gasteiger partial charge in [-0.15, -0.1) is 0 Å². The molecule has 0 unspecified atom stereocenters. The topological polar surface area (TPSA) is 52.8 Å². The lowest BCUT2D eigenvalue weighted by Crippen LogP contribution is -2.19. The van der Waals surface area contributed by atoms with E-state index in [1.165, 1.54) is 0 Å². The van der Waals surface area contributed by atoms with E-state index in [0.29, 0.717) is 17.9 Å². The molecular weight excluding hydrogens is 224 g/mol. The van der Waals surface area contributed by atoms with Crippen LogP contribution in [0.3, 0.4) is 0 Å². The highest BCUT2D eigenvalue weighted by molar-refractivity contribution is 5.56. The number of rotatable bonds is 3. The minimum atomic E-state index is 0.621. The van der Waals surface area contributed by atoms with Crippen LogP contribution in [-0.2, 0) is 6.54 Å². The van der Waals surface area contributed by atoms with Gasteiger partial charge in [0.25, 0.3) is 0 Å². The molecule has 0 spiro atoms. The Morgan fingerprint density at radius 3 is 2.72 bits per heavy atom. The zero-order valence-electron chi connectivity index (χ0n) is 10.5. The molecule has 0 fully saturated rings. The predicted molar refractivity (Wildman–Crippen MR) is 70.0 cm³/mol. The lowest BCUT2D eigenvalue weighted by Gasteiger charge is -2.19. The van der Waals surface area contributed by atoms with Crippen molar-refractivity contribution >= 4 is 5.82 Å². The van der Waals surface area contributed by atoms with Gasteiger partial charge in [0.05, 0.1) is 17.8 Å². The van der Waals surface area contributed by atoms with Crippen molar-refractivity contribution in [3.63, 3.8) is 0 Å². The molecule has 0 aliphatic heterocycles. The van der Waals surface area contributed by atoms with Gasteiger partial charge in [-0.3, -0.25) is 4.98 Å². The number of anilines is 1. The number of hydrogen-bond acceptors (Lipinski definition) is 4. The van der Waals surface area contributed by atoms with Crippen molar-refractivity contribution in [2.45, 2.75) is 13.5 Å². The molecule has 4 nitrogen and oxygen atoms in total. The van der Waals surface area contributed by atoms with Gasteiger partial charge in [0.2, 0.25) is 0 Å². The highest BCUT2D eigenvalue weighted by Gasteiger charge is 2.11. The molecular formula is C14H14N4. The van der Waals surface area contributed by atoms with Crippen LogP contribution in [0.5, 0.6) is 0 Å². The van der Waals surface area contributed by atoms with Crippen molar-refractivity contribution < 1.29 is 0 Å². The molecule has 0 N–H and O–H groups in total. The molecule has 0 bridgehead atoms. The van der Waals surface area contributed by atoms with Crippen LogP contribution >= 0.6 is 0 Å². The van der Waals surface area contributed by atoms with Gasteiger partial charge in [-0.1, -0.05) is 6.07 Å². The summed E-state index contributed by atoms with van der Waals surface area (Å²) in [6, 6.07) is 9.84. The number of aromatic nitrogens is 2. The molecule has 2 rings (SSSR count). The average molecular weight is 238 g/mol. The molecule has 0 saturated heterocycles. The smallest absolute Gasteiger partial charge is 0.146 e. The zero-order valence-corrected chi connectivity index (χ0v) is 10.5. The summed E-state index contributed by atoms with van der Waals surface area (Å²) in [4.78, 5) is 10.5. The van der Waals surface area contributed by atoms with E-state index in [0.717, 1.165) is 11.3 Å². The van der Waals surface area contributed by atoms with Crippen LogP contribution in [0.4, 0.5) is 5.82 Å². The summed E-state index contributed by atoms with van der Waals surface area (Å²) < 4.78 is 0. The van der Waals surface area contributed by atoms with Gasteiger partial charge in [-0.2, -0.15) is 5.26 Å². The maximum absolute atomic E-state index is 9.18. The second kappa shape index (κ2) is 5.28. The molecule has 18 heavy (non-hydrogen) atoms. The first-order valence-corrected chi connectivity index (χ1v) is 5.69. The molecule has 0 amide bonds. The van der Waals surface area contributed by atoms with Gasteiger partial charge in [-0.05, 0) is 30.7 Å². The Hall–Kier alpha value is -2.41. The van der Waals surface area contributed by atoms with Crippen molar-refractivity contribution in [2.24, 2.45) is 0 Å². The lowest BCUT2D eigenvalue weighted by molar-refractivity contribution is 0.862. The summed E-state index contributed by atoms with van der Waals surface area (Å²) in [5, 5.41) is 9.18. The fourth-order valence-corrected chi connectivity index (χ4v) is 1.78. The highest BCUT2D eigenvalue weighted by Crippen LogP contribution is 2.19. The summed E-state index contributed by atoms with van der Waals surface area (Å²) in [5.74, 6) is 0.697. The number of nitriles is 1. The van der Waals surface area contributed by atoms with E-state index in [2.05, 4.69) is 16.0 Å².